The Morgan fingerprint density at radius 3 is 2.03 bits per heavy atom. The molecule has 0 radical (unpaired) electrons. The summed E-state index contributed by atoms with van der Waals surface area (Å²) >= 11 is 0. The van der Waals surface area contributed by atoms with E-state index in [0.29, 0.717) is 0 Å². The van der Waals surface area contributed by atoms with Gasteiger partial charge in [-0.05, 0) is 6.92 Å². The van der Waals surface area contributed by atoms with E-state index in [1.165, 1.54) is 20.0 Å². The van der Waals surface area contributed by atoms with Crippen LogP contribution in [0.4, 0.5) is 0 Å². The summed E-state index contributed by atoms with van der Waals surface area (Å²) in [7, 11) is 0. The zero-order valence-corrected chi connectivity index (χ0v) is 17.2. The molecule has 12 nitrogen and oxygen atoms in total. The van der Waals surface area contributed by atoms with E-state index in [2.05, 4.69) is 4.98 Å². The van der Waals surface area contributed by atoms with Gasteiger partial charge in [0, 0.05) is 39.5 Å². The molecule has 1 unspecified atom stereocenters. The highest BCUT2D eigenvalue weighted by Crippen LogP contribution is 2.36. The van der Waals surface area contributed by atoms with Crippen LogP contribution < -0.4 is 11.2 Å². The lowest BCUT2D eigenvalue weighted by Gasteiger charge is -2.30. The Kier molecular flexibility index (Phi) is 6.80. The van der Waals surface area contributed by atoms with Crippen molar-refractivity contribution >= 4 is 23.8 Å². The molecule has 1 saturated heterocycles. The second-order valence-electron chi connectivity index (χ2n) is 6.84. The van der Waals surface area contributed by atoms with E-state index >= 15 is 0 Å². The van der Waals surface area contributed by atoms with Crippen molar-refractivity contribution in [2.45, 2.75) is 59.0 Å². The molecule has 1 fully saturated rings. The van der Waals surface area contributed by atoms with Crippen LogP contribution in [0.2, 0.25) is 0 Å². The van der Waals surface area contributed by atoms with E-state index in [1.54, 1.807) is 0 Å². The van der Waals surface area contributed by atoms with Gasteiger partial charge in [0.25, 0.3) is 5.56 Å². The number of aryl methyl sites for hydroxylation is 1. The van der Waals surface area contributed by atoms with Gasteiger partial charge in [-0.15, -0.1) is 0 Å². The zero-order chi connectivity index (χ0) is 22.7. The Morgan fingerprint density at radius 1 is 0.967 bits per heavy atom. The van der Waals surface area contributed by atoms with Crippen LogP contribution in [0.1, 0.15) is 39.4 Å². The van der Waals surface area contributed by atoms with Crippen molar-refractivity contribution in [1.82, 2.24) is 14.5 Å². The van der Waals surface area contributed by atoms with Crippen LogP contribution in [0.3, 0.4) is 0 Å². The van der Waals surface area contributed by atoms with Crippen molar-refractivity contribution < 1.29 is 33.4 Å². The van der Waals surface area contributed by atoms with Gasteiger partial charge in [-0.3, -0.25) is 33.5 Å². The number of aromatic amines is 1. The number of rotatable bonds is 5. The van der Waals surface area contributed by atoms with Gasteiger partial charge < -0.3 is 19.1 Å². The molecule has 1 amide bonds. The third-order valence-electron chi connectivity index (χ3n) is 4.50. The summed E-state index contributed by atoms with van der Waals surface area (Å²) < 4.78 is 16.7. The fraction of sp³-hybridized carbons (Fsp3) is 0.556. The maximum atomic E-state index is 12.5. The van der Waals surface area contributed by atoms with Crippen LogP contribution in [0.5, 0.6) is 0 Å². The molecule has 1 aromatic heterocycles. The van der Waals surface area contributed by atoms with Gasteiger partial charge in [0.05, 0.1) is 0 Å². The number of nitrogens with one attached hydrogen (secondary N) is 1. The Morgan fingerprint density at radius 2 is 1.53 bits per heavy atom. The Labute approximate surface area is 170 Å². The first kappa shape index (κ1) is 22.8. The lowest BCUT2D eigenvalue weighted by Crippen LogP contribution is -2.47. The number of amides is 1. The number of esters is 3. The molecule has 12 heteroatoms. The molecule has 164 valence electrons. The van der Waals surface area contributed by atoms with E-state index in [-0.39, 0.29) is 12.2 Å². The number of nitrogens with zero attached hydrogens (tertiary/aromatic N) is 2. The number of aromatic nitrogens is 2. The molecule has 2 heterocycles. The maximum Gasteiger partial charge on any atom is 0.330 e. The van der Waals surface area contributed by atoms with Crippen molar-refractivity contribution in [2.75, 3.05) is 6.61 Å². The van der Waals surface area contributed by atoms with Crippen molar-refractivity contribution in [3.63, 3.8) is 0 Å². The predicted octanol–water partition coefficient (Wildman–Crippen LogP) is -0.999. The van der Waals surface area contributed by atoms with Crippen LogP contribution in [0.15, 0.2) is 15.8 Å². The van der Waals surface area contributed by atoms with E-state index in [1.807, 2.05) is 0 Å². The Balaban J connectivity index is 2.71. The van der Waals surface area contributed by atoms with E-state index in [9.17, 15) is 28.8 Å². The van der Waals surface area contributed by atoms with Crippen LogP contribution in [-0.4, -0.2) is 63.1 Å². The minimum atomic E-state index is -1.31. The molecular weight excluding hydrogens is 402 g/mol. The molecule has 2 rings (SSSR count). The molecule has 30 heavy (non-hydrogen) atoms. The average Bonchev–Trinajstić information content (AvgIpc) is 2.88. The second kappa shape index (κ2) is 8.93. The van der Waals surface area contributed by atoms with Crippen LogP contribution in [-0.2, 0) is 33.4 Å². The second-order valence-corrected chi connectivity index (χ2v) is 6.84. The molecule has 0 bridgehead atoms. The molecule has 1 aliphatic heterocycles. The standard InChI is InChI=1S/C18H23N3O9/c1-8-6-20(18(27)19-16(8)26)17-15(30-12(5)25)14(29-11(4)24)13(7-28-10(3)23)21(17)9(2)22/h6,13-15,17H,7H2,1-5H3,(H,19,26,27)/t13-,14-,15-,17?/m1/s1. The molecule has 1 aliphatic rings. The van der Waals surface area contributed by atoms with Crippen molar-refractivity contribution in [3.05, 3.63) is 32.6 Å². The number of hydrogen-bond acceptors (Lipinski definition) is 9. The third-order valence-corrected chi connectivity index (χ3v) is 4.50. The molecular formula is C18H23N3O9. The Bertz CT molecular complexity index is 980. The van der Waals surface area contributed by atoms with Gasteiger partial charge in [-0.25, -0.2) is 4.79 Å². The fourth-order valence-corrected chi connectivity index (χ4v) is 3.43. The van der Waals surface area contributed by atoms with Gasteiger partial charge in [0.1, 0.15) is 12.6 Å². The normalized spacial score (nSPS) is 23.0. The number of H-pyrrole nitrogens is 1. The van der Waals surface area contributed by atoms with Gasteiger partial charge in [-0.2, -0.15) is 0 Å². The lowest BCUT2D eigenvalue weighted by atomic mass is 10.1. The summed E-state index contributed by atoms with van der Waals surface area (Å²) in [6.07, 6.45) is -2.60. The summed E-state index contributed by atoms with van der Waals surface area (Å²) in [4.78, 5) is 74.9. The quantitative estimate of drug-likeness (QED) is 0.462. The smallest absolute Gasteiger partial charge is 0.330 e. The molecule has 0 spiro atoms. The van der Waals surface area contributed by atoms with Gasteiger partial charge in [0.2, 0.25) is 5.91 Å². The lowest BCUT2D eigenvalue weighted by molar-refractivity contribution is -0.166. The first-order valence-corrected chi connectivity index (χ1v) is 9.02. The number of carbonyl (C=O) groups excluding carboxylic acids is 4. The first-order valence-electron chi connectivity index (χ1n) is 9.02. The topological polar surface area (TPSA) is 154 Å². The highest BCUT2D eigenvalue weighted by atomic mass is 16.6. The molecule has 0 saturated carbocycles. The van der Waals surface area contributed by atoms with Crippen molar-refractivity contribution in [3.8, 4) is 0 Å². The highest BCUT2D eigenvalue weighted by molar-refractivity contribution is 5.75. The molecule has 4 atom stereocenters. The monoisotopic (exact) mass is 425 g/mol. The van der Waals surface area contributed by atoms with Crippen LogP contribution in [0, 0.1) is 6.92 Å². The highest BCUT2D eigenvalue weighted by Gasteiger charge is 2.55. The average molecular weight is 425 g/mol. The maximum absolute atomic E-state index is 12.5. The SMILES string of the molecule is CC(=O)OC[C@@H]1[C@@H](OC(C)=O)[C@@H](OC(C)=O)C(n2cc(C)c(=O)[nH]c2=O)N1C(C)=O. The molecule has 1 N–H and O–H groups in total. The third kappa shape index (κ3) is 4.75. The van der Waals surface area contributed by atoms with Gasteiger partial charge in [-0.1, -0.05) is 0 Å². The molecule has 1 aromatic rings. The van der Waals surface area contributed by atoms with Crippen LogP contribution >= 0.6 is 0 Å². The Hall–Kier alpha value is -3.44. The van der Waals surface area contributed by atoms with Crippen molar-refractivity contribution in [2.24, 2.45) is 0 Å². The fourth-order valence-electron chi connectivity index (χ4n) is 3.43. The summed E-state index contributed by atoms with van der Waals surface area (Å²) in [6.45, 7) is 5.65. The minimum absolute atomic E-state index is 0.159. The van der Waals surface area contributed by atoms with E-state index in [0.717, 1.165) is 30.2 Å². The number of carbonyl (C=O) groups is 4. The summed E-state index contributed by atoms with van der Waals surface area (Å²) in [5.41, 5.74) is -1.33. The minimum Gasteiger partial charge on any atom is -0.464 e. The van der Waals surface area contributed by atoms with Gasteiger partial charge >= 0.3 is 23.6 Å². The van der Waals surface area contributed by atoms with E-state index < -0.39 is 59.5 Å². The number of likely N-dealkylation sites (tertiary alicyclic amines) is 1. The number of ether oxygens (including phenoxy) is 3. The number of hydrogen-bond donors (Lipinski definition) is 1. The summed E-state index contributed by atoms with van der Waals surface area (Å²) in [6, 6.07) is -1.05. The summed E-state index contributed by atoms with van der Waals surface area (Å²) in [5.74, 6) is -2.71. The molecule has 0 aromatic carbocycles. The van der Waals surface area contributed by atoms with Gasteiger partial charge in [0.15, 0.2) is 18.4 Å². The zero-order valence-electron chi connectivity index (χ0n) is 17.2. The predicted molar refractivity (Wildman–Crippen MR) is 99.1 cm³/mol. The van der Waals surface area contributed by atoms with Crippen LogP contribution in [0.25, 0.3) is 0 Å². The largest absolute Gasteiger partial charge is 0.464 e. The van der Waals surface area contributed by atoms with Crippen molar-refractivity contribution in [1.29, 1.82) is 0 Å². The first-order chi connectivity index (χ1) is 13.9. The molecule has 0 aliphatic carbocycles. The summed E-state index contributed by atoms with van der Waals surface area (Å²) in [5, 5.41) is 0. The van der Waals surface area contributed by atoms with E-state index in [4.69, 9.17) is 14.2 Å².